The van der Waals surface area contributed by atoms with Gasteiger partial charge in [0.15, 0.2) is 11.6 Å². The smallest absolute Gasteiger partial charge is 0.166 e. The molecule has 4 rings (SSSR count). The van der Waals surface area contributed by atoms with Gasteiger partial charge in [0.1, 0.15) is 5.82 Å². The summed E-state index contributed by atoms with van der Waals surface area (Å²) in [5, 5.41) is 0. The number of halogens is 3. The largest absolute Gasteiger partial charge is 0.206 e. The van der Waals surface area contributed by atoms with Crippen LogP contribution in [0.1, 0.15) is 80.5 Å². The molecule has 0 N–H and O–H groups in total. The summed E-state index contributed by atoms with van der Waals surface area (Å²) >= 11 is 0. The monoisotopic (exact) mass is 462 g/mol. The molecule has 1 saturated carbocycles. The topological polar surface area (TPSA) is 0 Å². The lowest BCUT2D eigenvalue weighted by atomic mass is 9.77. The summed E-state index contributed by atoms with van der Waals surface area (Å²) in [7, 11) is 0. The molecule has 1 fully saturated rings. The zero-order valence-electron chi connectivity index (χ0n) is 20.1. The second-order valence-corrected chi connectivity index (χ2v) is 9.50. The Morgan fingerprint density at radius 3 is 2.18 bits per heavy atom. The van der Waals surface area contributed by atoms with Crippen molar-refractivity contribution in [3.8, 4) is 11.1 Å². The maximum atomic E-state index is 15.0. The fourth-order valence-corrected chi connectivity index (χ4v) is 5.16. The average molecular weight is 463 g/mol. The molecule has 0 nitrogen and oxygen atoms in total. The Morgan fingerprint density at radius 2 is 1.53 bits per heavy atom. The minimum Gasteiger partial charge on any atom is -0.206 e. The molecule has 0 saturated heterocycles. The minimum atomic E-state index is -0.769. The molecule has 0 atom stereocenters. The van der Waals surface area contributed by atoms with E-state index >= 15 is 8.78 Å². The number of hydrogen-bond acceptors (Lipinski definition) is 0. The molecule has 0 aromatic heterocycles. The van der Waals surface area contributed by atoms with Gasteiger partial charge in [0, 0.05) is 11.1 Å². The van der Waals surface area contributed by atoms with E-state index in [9.17, 15) is 4.39 Å². The van der Waals surface area contributed by atoms with Gasteiger partial charge < -0.3 is 0 Å². The molecule has 0 unspecified atom stereocenters. The number of rotatable bonds is 7. The molecule has 3 aromatic rings. The Balaban J connectivity index is 1.48. The van der Waals surface area contributed by atoms with E-state index in [-0.39, 0.29) is 17.3 Å². The quantitative estimate of drug-likeness (QED) is 0.307. The molecule has 3 heteroatoms. The molecule has 178 valence electrons. The molecule has 0 amide bonds. The predicted octanol–water partition coefficient (Wildman–Crippen LogP) is 9.58. The Kier molecular flexibility index (Phi) is 7.92. The van der Waals surface area contributed by atoms with Gasteiger partial charge >= 0.3 is 0 Å². The van der Waals surface area contributed by atoms with Gasteiger partial charge in [-0.2, -0.15) is 0 Å². The van der Waals surface area contributed by atoms with Crippen LogP contribution < -0.4 is 0 Å². The van der Waals surface area contributed by atoms with E-state index in [1.54, 1.807) is 42.5 Å². The van der Waals surface area contributed by atoms with Crippen molar-refractivity contribution in [2.75, 3.05) is 0 Å². The van der Waals surface area contributed by atoms with E-state index in [2.05, 4.69) is 6.92 Å². The zero-order valence-corrected chi connectivity index (χ0v) is 20.1. The van der Waals surface area contributed by atoms with Crippen molar-refractivity contribution >= 4 is 12.2 Å². The van der Waals surface area contributed by atoms with Crippen LogP contribution in [-0.2, 0) is 6.42 Å². The molecule has 0 bridgehead atoms. The second-order valence-electron chi connectivity index (χ2n) is 9.50. The van der Waals surface area contributed by atoms with Crippen LogP contribution in [0.5, 0.6) is 0 Å². The summed E-state index contributed by atoms with van der Waals surface area (Å²) in [4.78, 5) is 0. The Labute approximate surface area is 201 Å². The van der Waals surface area contributed by atoms with Crippen molar-refractivity contribution < 1.29 is 13.2 Å². The zero-order chi connectivity index (χ0) is 24.1. The normalized spacial score (nSPS) is 18.5. The highest BCUT2D eigenvalue weighted by Gasteiger charge is 2.26. The van der Waals surface area contributed by atoms with Gasteiger partial charge in [-0.15, -0.1) is 0 Å². The number of hydrogen-bond donors (Lipinski definition) is 0. The molecule has 3 aromatic carbocycles. The SMILES string of the molecule is CCCC1CCC(c2ccc(-c3ccc(/C=C/c4ccc(CC)cc4F)cc3)c(F)c2F)CC1. The molecule has 0 spiro atoms. The van der Waals surface area contributed by atoms with Gasteiger partial charge in [-0.05, 0) is 72.3 Å². The maximum absolute atomic E-state index is 15.0. The van der Waals surface area contributed by atoms with Gasteiger partial charge in [-0.1, -0.05) is 87.4 Å². The first-order valence-electron chi connectivity index (χ1n) is 12.5. The average Bonchev–Trinajstić information content (AvgIpc) is 2.86. The second kappa shape index (κ2) is 11.1. The molecular formula is C31H33F3. The van der Waals surface area contributed by atoms with E-state index in [1.165, 1.54) is 12.8 Å². The van der Waals surface area contributed by atoms with Crippen LogP contribution in [0.2, 0.25) is 0 Å². The highest BCUT2D eigenvalue weighted by atomic mass is 19.2. The third-order valence-corrected chi connectivity index (χ3v) is 7.25. The third kappa shape index (κ3) is 5.46. The molecule has 34 heavy (non-hydrogen) atoms. The first-order valence-corrected chi connectivity index (χ1v) is 12.5. The summed E-state index contributed by atoms with van der Waals surface area (Å²) < 4.78 is 44.3. The van der Waals surface area contributed by atoms with Gasteiger partial charge in [-0.25, -0.2) is 13.2 Å². The molecule has 0 heterocycles. The molecule has 1 aliphatic rings. The van der Waals surface area contributed by atoms with Gasteiger partial charge in [0.05, 0.1) is 0 Å². The summed E-state index contributed by atoms with van der Waals surface area (Å²) in [6, 6.07) is 16.0. The van der Waals surface area contributed by atoms with E-state index in [0.717, 1.165) is 49.1 Å². The van der Waals surface area contributed by atoms with Crippen LogP contribution in [0.3, 0.4) is 0 Å². The summed E-state index contributed by atoms with van der Waals surface area (Å²) in [5.74, 6) is -0.881. The van der Waals surface area contributed by atoms with Gasteiger partial charge in [-0.3, -0.25) is 0 Å². The van der Waals surface area contributed by atoms with E-state index in [4.69, 9.17) is 0 Å². The lowest BCUT2D eigenvalue weighted by Gasteiger charge is -2.29. The molecule has 0 aliphatic heterocycles. The van der Waals surface area contributed by atoms with Crippen molar-refractivity contribution in [2.45, 2.75) is 64.7 Å². The van der Waals surface area contributed by atoms with Crippen molar-refractivity contribution in [2.24, 2.45) is 5.92 Å². The highest BCUT2D eigenvalue weighted by molar-refractivity contribution is 5.72. The number of aryl methyl sites for hydroxylation is 1. The van der Waals surface area contributed by atoms with Crippen molar-refractivity contribution in [3.63, 3.8) is 0 Å². The fourth-order valence-electron chi connectivity index (χ4n) is 5.16. The lowest BCUT2D eigenvalue weighted by molar-refractivity contribution is 0.303. The summed E-state index contributed by atoms with van der Waals surface area (Å²) in [5.41, 5.74) is 3.77. The van der Waals surface area contributed by atoms with Crippen LogP contribution in [0, 0.1) is 23.4 Å². The van der Waals surface area contributed by atoms with E-state index in [1.807, 2.05) is 31.2 Å². The maximum Gasteiger partial charge on any atom is 0.166 e. The minimum absolute atomic E-state index is 0.107. The fraction of sp³-hybridized carbons (Fsp3) is 0.355. The van der Waals surface area contributed by atoms with Crippen LogP contribution >= 0.6 is 0 Å². The van der Waals surface area contributed by atoms with Crippen LogP contribution in [-0.4, -0.2) is 0 Å². The lowest BCUT2D eigenvalue weighted by Crippen LogP contribution is -2.14. The van der Waals surface area contributed by atoms with Gasteiger partial charge in [0.25, 0.3) is 0 Å². The Morgan fingerprint density at radius 1 is 0.794 bits per heavy atom. The van der Waals surface area contributed by atoms with Crippen LogP contribution in [0.15, 0.2) is 54.6 Å². The number of benzene rings is 3. The van der Waals surface area contributed by atoms with Crippen molar-refractivity contribution in [1.82, 2.24) is 0 Å². The Hall–Kier alpha value is -2.81. The highest BCUT2D eigenvalue weighted by Crippen LogP contribution is 2.40. The van der Waals surface area contributed by atoms with Crippen LogP contribution in [0.4, 0.5) is 13.2 Å². The van der Waals surface area contributed by atoms with Gasteiger partial charge in [0.2, 0.25) is 0 Å². The predicted molar refractivity (Wildman–Crippen MR) is 136 cm³/mol. The van der Waals surface area contributed by atoms with E-state index in [0.29, 0.717) is 16.7 Å². The Bertz CT molecular complexity index is 1140. The molecule has 1 aliphatic carbocycles. The first-order chi connectivity index (χ1) is 16.5. The first kappa shape index (κ1) is 24.3. The van der Waals surface area contributed by atoms with Crippen molar-refractivity contribution in [3.05, 3.63) is 94.3 Å². The third-order valence-electron chi connectivity index (χ3n) is 7.25. The van der Waals surface area contributed by atoms with E-state index < -0.39 is 11.6 Å². The van der Waals surface area contributed by atoms with Crippen LogP contribution in [0.25, 0.3) is 23.3 Å². The summed E-state index contributed by atoms with van der Waals surface area (Å²) in [6.07, 6.45) is 10.8. The molecule has 0 radical (unpaired) electrons. The standard InChI is InChI=1S/C31H33F3/c1-3-5-22-7-12-24(13-8-22)27-18-19-28(31(34)30(27)33)25-14-9-23(10-15-25)11-17-26-16-6-21(4-2)20-29(26)32/h6,9-11,14-20,22,24H,3-5,7-8,12-13H2,1-2H3/b17-11+. The summed E-state index contributed by atoms with van der Waals surface area (Å²) in [6.45, 7) is 4.19. The molecular weight excluding hydrogens is 429 g/mol. The van der Waals surface area contributed by atoms with Crippen molar-refractivity contribution in [1.29, 1.82) is 0 Å².